The topological polar surface area (TPSA) is 55.4 Å². The number of ether oxygens (including phenoxy) is 1. The van der Waals surface area contributed by atoms with Crippen molar-refractivity contribution < 1.29 is 13.2 Å². The zero-order valence-electron chi connectivity index (χ0n) is 10.3. The minimum absolute atomic E-state index is 0.248. The van der Waals surface area contributed by atoms with E-state index < -0.39 is 9.84 Å². The molecule has 0 atom stereocenters. The maximum Gasteiger partial charge on any atom is 0.147 e. The Kier molecular flexibility index (Phi) is 5.21. The number of sulfone groups is 1. The molecule has 1 aliphatic rings. The molecular formula is C11H23NO3S. The van der Waals surface area contributed by atoms with Crippen molar-refractivity contribution in [2.45, 2.75) is 25.7 Å². The van der Waals surface area contributed by atoms with E-state index in [0.717, 1.165) is 45.4 Å². The van der Waals surface area contributed by atoms with Crippen molar-refractivity contribution >= 4 is 9.84 Å². The molecule has 0 saturated carbocycles. The molecule has 96 valence electrons. The van der Waals surface area contributed by atoms with E-state index in [0.29, 0.717) is 5.75 Å². The predicted molar refractivity (Wildman–Crippen MR) is 65.4 cm³/mol. The van der Waals surface area contributed by atoms with Gasteiger partial charge in [-0.05, 0) is 38.1 Å². The lowest BCUT2D eigenvalue weighted by Gasteiger charge is -2.37. The highest BCUT2D eigenvalue weighted by Crippen LogP contribution is 2.34. The molecule has 0 aromatic heterocycles. The van der Waals surface area contributed by atoms with Crippen LogP contribution in [0.5, 0.6) is 0 Å². The van der Waals surface area contributed by atoms with Crippen molar-refractivity contribution in [1.82, 2.24) is 5.32 Å². The summed E-state index contributed by atoms with van der Waals surface area (Å²) in [5.41, 5.74) is 0.248. The lowest BCUT2D eigenvalue weighted by Crippen LogP contribution is -2.38. The van der Waals surface area contributed by atoms with Gasteiger partial charge in [0.25, 0.3) is 0 Å². The van der Waals surface area contributed by atoms with E-state index in [1.54, 1.807) is 0 Å². The highest BCUT2D eigenvalue weighted by atomic mass is 32.2. The van der Waals surface area contributed by atoms with Gasteiger partial charge in [0.15, 0.2) is 0 Å². The third kappa shape index (κ3) is 4.80. The van der Waals surface area contributed by atoms with Gasteiger partial charge in [-0.3, -0.25) is 0 Å². The van der Waals surface area contributed by atoms with Gasteiger partial charge in [0.2, 0.25) is 0 Å². The summed E-state index contributed by atoms with van der Waals surface area (Å²) in [6, 6.07) is 0. The molecule has 0 amide bonds. The molecule has 0 unspecified atom stereocenters. The molecule has 1 heterocycles. The lowest BCUT2D eigenvalue weighted by molar-refractivity contribution is 0.0111. The molecule has 1 rings (SSSR count). The standard InChI is InChI=1S/C11H23NO3S/c1-12-10-11(5-7-15-8-6-11)4-3-9-16(2,13)14/h12H,3-10H2,1-2H3. The van der Waals surface area contributed by atoms with Crippen LogP contribution in [0.25, 0.3) is 0 Å². The van der Waals surface area contributed by atoms with Gasteiger partial charge >= 0.3 is 0 Å². The Labute approximate surface area is 98.7 Å². The van der Waals surface area contributed by atoms with Gasteiger partial charge < -0.3 is 10.1 Å². The third-order valence-corrected chi connectivity index (χ3v) is 4.36. The van der Waals surface area contributed by atoms with E-state index in [1.165, 1.54) is 6.26 Å². The average Bonchev–Trinajstić information content (AvgIpc) is 2.17. The Morgan fingerprint density at radius 1 is 1.31 bits per heavy atom. The summed E-state index contributed by atoms with van der Waals surface area (Å²) in [7, 11) is -0.866. The van der Waals surface area contributed by atoms with Crippen molar-refractivity contribution in [2.75, 3.05) is 38.8 Å². The largest absolute Gasteiger partial charge is 0.381 e. The number of nitrogens with one attached hydrogen (secondary N) is 1. The summed E-state index contributed by atoms with van der Waals surface area (Å²) >= 11 is 0. The maximum atomic E-state index is 11.1. The van der Waals surface area contributed by atoms with Crippen molar-refractivity contribution in [3.63, 3.8) is 0 Å². The molecule has 1 saturated heterocycles. The minimum atomic E-state index is -2.82. The van der Waals surface area contributed by atoms with E-state index in [-0.39, 0.29) is 5.41 Å². The van der Waals surface area contributed by atoms with Gasteiger partial charge in [0, 0.05) is 31.8 Å². The third-order valence-electron chi connectivity index (χ3n) is 3.33. The smallest absolute Gasteiger partial charge is 0.147 e. The van der Waals surface area contributed by atoms with E-state index in [4.69, 9.17) is 4.74 Å². The van der Waals surface area contributed by atoms with Crippen molar-refractivity contribution in [1.29, 1.82) is 0 Å². The van der Waals surface area contributed by atoms with E-state index in [9.17, 15) is 8.42 Å². The van der Waals surface area contributed by atoms with Gasteiger partial charge in [-0.1, -0.05) is 0 Å². The minimum Gasteiger partial charge on any atom is -0.381 e. The molecule has 0 spiro atoms. The molecule has 0 aliphatic carbocycles. The zero-order valence-corrected chi connectivity index (χ0v) is 11.1. The molecule has 1 fully saturated rings. The molecular weight excluding hydrogens is 226 g/mol. The fraction of sp³-hybridized carbons (Fsp3) is 1.00. The Bertz CT molecular complexity index is 289. The molecule has 5 heteroatoms. The van der Waals surface area contributed by atoms with Gasteiger partial charge in [-0.2, -0.15) is 0 Å². The van der Waals surface area contributed by atoms with E-state index in [1.807, 2.05) is 7.05 Å². The molecule has 4 nitrogen and oxygen atoms in total. The highest BCUT2D eigenvalue weighted by Gasteiger charge is 2.31. The van der Waals surface area contributed by atoms with Gasteiger partial charge in [-0.25, -0.2) is 8.42 Å². The zero-order chi connectivity index (χ0) is 12.1. The molecule has 0 aromatic rings. The molecule has 0 radical (unpaired) electrons. The first-order valence-corrected chi connectivity index (χ1v) is 7.94. The molecule has 1 N–H and O–H groups in total. The first-order chi connectivity index (χ1) is 7.47. The summed E-state index contributed by atoms with van der Waals surface area (Å²) in [5.74, 6) is 0.305. The second-order valence-corrected chi connectivity index (χ2v) is 7.14. The predicted octanol–water partition coefficient (Wildman–Crippen LogP) is 0.827. The Morgan fingerprint density at radius 3 is 2.44 bits per heavy atom. The van der Waals surface area contributed by atoms with Crippen LogP contribution in [0, 0.1) is 5.41 Å². The SMILES string of the molecule is CNCC1(CCCS(C)(=O)=O)CCOCC1. The number of rotatable bonds is 6. The summed E-state index contributed by atoms with van der Waals surface area (Å²) < 4.78 is 27.6. The Balaban J connectivity index is 2.44. The van der Waals surface area contributed by atoms with E-state index in [2.05, 4.69) is 5.32 Å². The molecule has 0 bridgehead atoms. The summed E-state index contributed by atoms with van der Waals surface area (Å²) in [5, 5.41) is 3.22. The van der Waals surface area contributed by atoms with Crippen LogP contribution in [0.4, 0.5) is 0 Å². The van der Waals surface area contributed by atoms with Crippen LogP contribution in [0.15, 0.2) is 0 Å². The molecule has 0 aromatic carbocycles. The van der Waals surface area contributed by atoms with E-state index >= 15 is 0 Å². The first kappa shape index (κ1) is 13.9. The van der Waals surface area contributed by atoms with Crippen LogP contribution in [-0.4, -0.2) is 47.2 Å². The summed E-state index contributed by atoms with van der Waals surface area (Å²) in [4.78, 5) is 0. The quantitative estimate of drug-likeness (QED) is 0.757. The number of hydrogen-bond donors (Lipinski definition) is 1. The highest BCUT2D eigenvalue weighted by molar-refractivity contribution is 7.90. The van der Waals surface area contributed by atoms with Crippen molar-refractivity contribution in [2.24, 2.45) is 5.41 Å². The van der Waals surface area contributed by atoms with Crippen molar-refractivity contribution in [3.05, 3.63) is 0 Å². The van der Waals surface area contributed by atoms with Crippen LogP contribution in [0.1, 0.15) is 25.7 Å². The fourth-order valence-corrected chi connectivity index (χ4v) is 3.07. The van der Waals surface area contributed by atoms with Crippen LogP contribution >= 0.6 is 0 Å². The van der Waals surface area contributed by atoms with Crippen LogP contribution < -0.4 is 5.32 Å². The monoisotopic (exact) mass is 249 g/mol. The number of hydrogen-bond acceptors (Lipinski definition) is 4. The van der Waals surface area contributed by atoms with Crippen LogP contribution in [0.3, 0.4) is 0 Å². The van der Waals surface area contributed by atoms with Gasteiger partial charge in [0.1, 0.15) is 9.84 Å². The Hall–Kier alpha value is -0.130. The Morgan fingerprint density at radius 2 is 1.94 bits per heavy atom. The summed E-state index contributed by atoms with van der Waals surface area (Å²) in [6.07, 6.45) is 5.13. The van der Waals surface area contributed by atoms with Crippen molar-refractivity contribution in [3.8, 4) is 0 Å². The van der Waals surface area contributed by atoms with Gasteiger partial charge in [0.05, 0.1) is 0 Å². The summed E-state index contributed by atoms with van der Waals surface area (Å²) in [6.45, 7) is 2.57. The average molecular weight is 249 g/mol. The van der Waals surface area contributed by atoms with Crippen LogP contribution in [-0.2, 0) is 14.6 Å². The first-order valence-electron chi connectivity index (χ1n) is 5.88. The fourth-order valence-electron chi connectivity index (χ4n) is 2.40. The second-order valence-electron chi connectivity index (χ2n) is 4.88. The molecule has 1 aliphatic heterocycles. The lowest BCUT2D eigenvalue weighted by atomic mass is 9.76. The normalized spacial score (nSPS) is 20.9. The maximum absolute atomic E-state index is 11.1. The second kappa shape index (κ2) is 5.98. The van der Waals surface area contributed by atoms with Crippen LogP contribution in [0.2, 0.25) is 0 Å². The van der Waals surface area contributed by atoms with Gasteiger partial charge in [-0.15, -0.1) is 0 Å². The molecule has 16 heavy (non-hydrogen) atoms.